The van der Waals surface area contributed by atoms with Crippen LogP contribution in [0.2, 0.25) is 5.02 Å². The van der Waals surface area contributed by atoms with Gasteiger partial charge in [-0.15, -0.1) is 0 Å². The molecular weight excluding hydrogens is 442 g/mol. The molecule has 4 rings (SSSR count). The lowest BCUT2D eigenvalue weighted by Crippen LogP contribution is -2.28. The van der Waals surface area contributed by atoms with Crippen LogP contribution < -0.4 is 10.5 Å². The molecule has 1 aromatic heterocycles. The molecule has 0 aliphatic carbocycles. The first-order valence-corrected chi connectivity index (χ1v) is 11.9. The van der Waals surface area contributed by atoms with Crippen LogP contribution in [0.3, 0.4) is 0 Å². The Morgan fingerprint density at radius 1 is 1.03 bits per heavy atom. The monoisotopic (exact) mass is 457 g/mol. The second-order valence-corrected chi connectivity index (χ2v) is 10.5. The third-order valence-corrected chi connectivity index (χ3v) is 8.33. The molecule has 0 atom stereocenters. The lowest BCUT2D eigenvalue weighted by Gasteiger charge is -2.17. The normalized spacial score (nSPS) is 15.8. The molecule has 2 N–H and O–H groups in total. The number of hydrogen-bond donors (Lipinski definition) is 2. The van der Waals surface area contributed by atoms with Crippen molar-refractivity contribution < 1.29 is 21.3 Å². The maximum absolute atomic E-state index is 12.8. The standard InChI is InChI=1S/C17H16ClN3O6S2/c18-13-5-3-11(9-16(13)29(25,26)21-7-1-2-8-21)20-28(23,24)12-4-6-14-15(10-12)27-17(22)19-14/h3-6,9-10,20H,1-2,7-8H2,(H,19,22). The summed E-state index contributed by atoms with van der Waals surface area (Å²) in [7, 11) is -7.89. The SMILES string of the molecule is O=c1[nH]c2ccc(S(=O)(=O)Nc3ccc(Cl)c(S(=O)(=O)N4CCCC4)c3)cc2o1. The van der Waals surface area contributed by atoms with Gasteiger partial charge in [0.15, 0.2) is 5.58 Å². The topological polar surface area (TPSA) is 130 Å². The van der Waals surface area contributed by atoms with E-state index >= 15 is 0 Å². The number of fused-ring (bicyclic) bond motifs is 1. The van der Waals surface area contributed by atoms with Crippen molar-refractivity contribution in [2.75, 3.05) is 17.8 Å². The van der Waals surface area contributed by atoms with E-state index in [1.807, 2.05) is 0 Å². The Kier molecular flexibility index (Phi) is 4.93. The van der Waals surface area contributed by atoms with Crippen molar-refractivity contribution in [3.8, 4) is 0 Å². The highest BCUT2D eigenvalue weighted by atomic mass is 35.5. The summed E-state index contributed by atoms with van der Waals surface area (Å²) < 4.78 is 59.6. The summed E-state index contributed by atoms with van der Waals surface area (Å²) in [5, 5.41) is 0.00960. The molecule has 1 aliphatic rings. The summed E-state index contributed by atoms with van der Waals surface area (Å²) in [5.74, 6) is -0.697. The van der Waals surface area contributed by atoms with Gasteiger partial charge in [-0.3, -0.25) is 9.71 Å². The van der Waals surface area contributed by atoms with Gasteiger partial charge in [0.2, 0.25) is 10.0 Å². The number of nitrogens with zero attached hydrogens (tertiary/aromatic N) is 1. The molecule has 2 aromatic carbocycles. The Hall–Kier alpha value is -2.34. The molecule has 1 saturated heterocycles. The number of sulfonamides is 2. The summed E-state index contributed by atoms with van der Waals surface area (Å²) in [6.07, 6.45) is 1.53. The molecule has 154 valence electrons. The minimum atomic E-state index is -4.07. The lowest BCUT2D eigenvalue weighted by atomic mass is 10.3. The van der Waals surface area contributed by atoms with Crippen LogP contribution in [0.5, 0.6) is 0 Å². The minimum absolute atomic E-state index is 0.00960. The van der Waals surface area contributed by atoms with Crippen molar-refractivity contribution in [3.05, 3.63) is 52.0 Å². The van der Waals surface area contributed by atoms with E-state index < -0.39 is 25.8 Å². The smallest absolute Gasteiger partial charge is 0.408 e. The van der Waals surface area contributed by atoms with Crippen molar-refractivity contribution in [2.24, 2.45) is 0 Å². The number of rotatable bonds is 5. The molecule has 12 heteroatoms. The maximum Gasteiger partial charge on any atom is 0.417 e. The van der Waals surface area contributed by atoms with Gasteiger partial charge in [-0.2, -0.15) is 4.31 Å². The van der Waals surface area contributed by atoms with Gasteiger partial charge in [0, 0.05) is 19.2 Å². The lowest BCUT2D eigenvalue weighted by molar-refractivity contribution is 0.477. The molecule has 0 bridgehead atoms. The van der Waals surface area contributed by atoms with Crippen LogP contribution in [-0.4, -0.2) is 39.2 Å². The highest BCUT2D eigenvalue weighted by Gasteiger charge is 2.29. The summed E-state index contributed by atoms with van der Waals surface area (Å²) >= 11 is 6.09. The molecule has 0 saturated carbocycles. The fourth-order valence-electron chi connectivity index (χ4n) is 3.14. The van der Waals surface area contributed by atoms with E-state index in [-0.39, 0.29) is 26.1 Å². The van der Waals surface area contributed by atoms with Crippen LogP contribution in [0.25, 0.3) is 11.1 Å². The van der Waals surface area contributed by atoms with Crippen LogP contribution in [0.1, 0.15) is 12.8 Å². The van der Waals surface area contributed by atoms with E-state index in [9.17, 15) is 21.6 Å². The molecule has 1 aliphatic heterocycles. The number of anilines is 1. The zero-order chi connectivity index (χ0) is 20.8. The predicted octanol–water partition coefficient (Wildman–Crippen LogP) is 2.36. The summed E-state index contributed by atoms with van der Waals surface area (Å²) in [6.45, 7) is 0.799. The number of aromatic nitrogens is 1. The van der Waals surface area contributed by atoms with Gasteiger partial charge in [-0.1, -0.05) is 11.6 Å². The molecular formula is C17H16ClN3O6S2. The molecule has 0 spiro atoms. The molecule has 29 heavy (non-hydrogen) atoms. The van der Waals surface area contributed by atoms with E-state index in [1.54, 1.807) is 0 Å². The Balaban J connectivity index is 1.68. The molecule has 0 amide bonds. The summed E-state index contributed by atoms with van der Waals surface area (Å²) in [4.78, 5) is 13.4. The van der Waals surface area contributed by atoms with Gasteiger partial charge in [-0.25, -0.2) is 21.6 Å². The van der Waals surface area contributed by atoms with E-state index in [2.05, 4.69) is 9.71 Å². The first-order valence-electron chi connectivity index (χ1n) is 8.62. The third kappa shape index (κ3) is 3.78. The molecule has 2 heterocycles. The van der Waals surface area contributed by atoms with Gasteiger partial charge in [0.05, 0.1) is 21.1 Å². The van der Waals surface area contributed by atoms with Crippen molar-refractivity contribution in [2.45, 2.75) is 22.6 Å². The fourth-order valence-corrected chi connectivity index (χ4v) is 6.22. The maximum atomic E-state index is 12.8. The van der Waals surface area contributed by atoms with Crippen molar-refractivity contribution in [1.29, 1.82) is 0 Å². The quantitative estimate of drug-likeness (QED) is 0.605. The zero-order valence-corrected chi connectivity index (χ0v) is 17.3. The Morgan fingerprint density at radius 2 is 1.76 bits per heavy atom. The van der Waals surface area contributed by atoms with Gasteiger partial charge in [0.25, 0.3) is 10.0 Å². The summed E-state index contributed by atoms with van der Waals surface area (Å²) in [5.41, 5.74) is 0.494. The van der Waals surface area contributed by atoms with E-state index in [0.29, 0.717) is 18.6 Å². The van der Waals surface area contributed by atoms with Crippen LogP contribution >= 0.6 is 11.6 Å². The van der Waals surface area contributed by atoms with Crippen molar-refractivity contribution in [3.63, 3.8) is 0 Å². The van der Waals surface area contributed by atoms with Crippen molar-refractivity contribution >= 4 is 48.4 Å². The van der Waals surface area contributed by atoms with Gasteiger partial charge < -0.3 is 4.42 Å². The van der Waals surface area contributed by atoms with E-state index in [0.717, 1.165) is 12.8 Å². The van der Waals surface area contributed by atoms with E-state index in [4.69, 9.17) is 16.0 Å². The molecule has 1 fully saturated rings. The van der Waals surface area contributed by atoms with Crippen LogP contribution in [0.15, 0.2) is 55.4 Å². The number of nitrogens with one attached hydrogen (secondary N) is 2. The van der Waals surface area contributed by atoms with Gasteiger partial charge >= 0.3 is 5.76 Å². The van der Waals surface area contributed by atoms with Gasteiger partial charge in [0.1, 0.15) is 4.90 Å². The number of oxazole rings is 1. The average molecular weight is 458 g/mol. The first kappa shape index (κ1) is 20.0. The largest absolute Gasteiger partial charge is 0.417 e. The molecule has 0 radical (unpaired) electrons. The Labute approximate surface area is 171 Å². The van der Waals surface area contributed by atoms with Gasteiger partial charge in [-0.05, 0) is 43.2 Å². The van der Waals surface area contributed by atoms with Crippen LogP contribution in [0, 0.1) is 0 Å². The second kappa shape index (κ2) is 7.17. The Bertz CT molecular complexity index is 1360. The van der Waals surface area contributed by atoms with Crippen molar-refractivity contribution in [1.82, 2.24) is 9.29 Å². The number of aromatic amines is 1. The highest BCUT2D eigenvalue weighted by molar-refractivity contribution is 7.92. The number of benzene rings is 2. The third-order valence-electron chi connectivity index (χ3n) is 4.57. The Morgan fingerprint density at radius 3 is 2.48 bits per heavy atom. The molecule has 3 aromatic rings. The fraction of sp³-hybridized carbons (Fsp3) is 0.235. The second-order valence-electron chi connectivity index (χ2n) is 6.53. The molecule has 9 nitrogen and oxygen atoms in total. The number of halogens is 1. The number of H-pyrrole nitrogens is 1. The van der Waals surface area contributed by atoms with E-state index in [1.165, 1.54) is 40.7 Å². The minimum Gasteiger partial charge on any atom is -0.408 e. The first-order chi connectivity index (χ1) is 13.7. The average Bonchev–Trinajstić information content (AvgIpc) is 3.31. The number of hydrogen-bond acceptors (Lipinski definition) is 6. The zero-order valence-electron chi connectivity index (χ0n) is 14.9. The molecule has 0 unspecified atom stereocenters. The predicted molar refractivity (Wildman–Crippen MR) is 107 cm³/mol. The highest BCUT2D eigenvalue weighted by Crippen LogP contribution is 2.30. The van der Waals surface area contributed by atoms with Crippen LogP contribution in [-0.2, 0) is 20.0 Å². The van der Waals surface area contributed by atoms with Crippen LogP contribution in [0.4, 0.5) is 5.69 Å². The summed E-state index contributed by atoms with van der Waals surface area (Å²) in [6, 6.07) is 7.80.